The summed E-state index contributed by atoms with van der Waals surface area (Å²) in [5.41, 5.74) is 7.74. The molecular weight excluding hydrogens is 216 g/mol. The van der Waals surface area contributed by atoms with E-state index in [2.05, 4.69) is 17.3 Å². The standard InChI is InChI=1S/C12H20N4O/c1-3-16-12(11(13)7(2)15-16)14-9-6-8-4-5-10(9)17-8/h8-10,14H,3-6,13H2,1-2H3. The fourth-order valence-corrected chi connectivity index (χ4v) is 2.94. The number of nitrogen functional groups attached to an aromatic ring is 1. The first-order chi connectivity index (χ1) is 8.19. The highest BCUT2D eigenvalue weighted by Crippen LogP contribution is 2.37. The lowest BCUT2D eigenvalue weighted by molar-refractivity contribution is 0.102. The third-order valence-corrected chi connectivity index (χ3v) is 3.90. The Labute approximate surface area is 101 Å². The number of fused-ring (bicyclic) bond motifs is 2. The third-order valence-electron chi connectivity index (χ3n) is 3.90. The second-order valence-corrected chi connectivity index (χ2v) is 5.02. The van der Waals surface area contributed by atoms with Crippen molar-refractivity contribution in [3.05, 3.63) is 5.69 Å². The Morgan fingerprint density at radius 1 is 1.53 bits per heavy atom. The summed E-state index contributed by atoms with van der Waals surface area (Å²) in [6, 6.07) is 0.400. The second kappa shape index (κ2) is 3.91. The van der Waals surface area contributed by atoms with Gasteiger partial charge in [0.1, 0.15) is 5.82 Å². The van der Waals surface area contributed by atoms with Gasteiger partial charge in [-0.3, -0.25) is 0 Å². The molecule has 3 rings (SSSR count). The van der Waals surface area contributed by atoms with Gasteiger partial charge in [0, 0.05) is 6.54 Å². The Kier molecular flexibility index (Phi) is 2.50. The Balaban J connectivity index is 1.81. The molecule has 0 amide bonds. The fourth-order valence-electron chi connectivity index (χ4n) is 2.94. The lowest BCUT2D eigenvalue weighted by Gasteiger charge is -2.21. The van der Waals surface area contributed by atoms with Crippen molar-refractivity contribution in [1.82, 2.24) is 9.78 Å². The van der Waals surface area contributed by atoms with Crippen LogP contribution < -0.4 is 11.1 Å². The monoisotopic (exact) mass is 236 g/mol. The minimum absolute atomic E-state index is 0.361. The Hall–Kier alpha value is -1.23. The number of hydrogen-bond acceptors (Lipinski definition) is 4. The van der Waals surface area contributed by atoms with E-state index in [1.807, 2.05) is 11.6 Å². The van der Waals surface area contributed by atoms with Crippen LogP contribution in [0.1, 0.15) is 31.9 Å². The van der Waals surface area contributed by atoms with Crippen LogP contribution in [-0.2, 0) is 11.3 Å². The van der Waals surface area contributed by atoms with Crippen LogP contribution in [-0.4, -0.2) is 28.0 Å². The molecular formula is C12H20N4O. The summed E-state index contributed by atoms with van der Waals surface area (Å²) in [7, 11) is 0. The van der Waals surface area contributed by atoms with Gasteiger partial charge in [0.2, 0.25) is 0 Å². The molecule has 5 nitrogen and oxygen atoms in total. The molecule has 0 saturated carbocycles. The number of nitrogens with one attached hydrogen (secondary N) is 1. The number of hydrogen-bond donors (Lipinski definition) is 2. The van der Waals surface area contributed by atoms with Gasteiger partial charge in [0.15, 0.2) is 0 Å². The summed E-state index contributed by atoms with van der Waals surface area (Å²) < 4.78 is 7.79. The van der Waals surface area contributed by atoms with Crippen molar-refractivity contribution in [2.75, 3.05) is 11.1 Å². The molecule has 2 fully saturated rings. The zero-order valence-corrected chi connectivity index (χ0v) is 10.4. The van der Waals surface area contributed by atoms with Crippen molar-refractivity contribution in [2.24, 2.45) is 0 Å². The van der Waals surface area contributed by atoms with E-state index in [0.29, 0.717) is 18.2 Å². The molecule has 0 aliphatic carbocycles. The lowest BCUT2D eigenvalue weighted by atomic mass is 9.95. The van der Waals surface area contributed by atoms with Crippen molar-refractivity contribution < 1.29 is 4.74 Å². The van der Waals surface area contributed by atoms with Crippen molar-refractivity contribution >= 4 is 11.5 Å². The molecule has 2 saturated heterocycles. The van der Waals surface area contributed by atoms with E-state index in [0.717, 1.165) is 30.2 Å². The highest BCUT2D eigenvalue weighted by Gasteiger charge is 2.41. The largest absolute Gasteiger partial charge is 0.394 e. The molecule has 0 radical (unpaired) electrons. The summed E-state index contributed by atoms with van der Waals surface area (Å²) >= 11 is 0. The van der Waals surface area contributed by atoms with Crippen LogP contribution in [0.3, 0.4) is 0 Å². The average Bonchev–Trinajstić information content (AvgIpc) is 2.99. The SMILES string of the molecule is CCn1nc(C)c(N)c1NC1CC2CCC1O2. The average molecular weight is 236 g/mol. The maximum Gasteiger partial charge on any atom is 0.148 e. The molecule has 3 N–H and O–H groups in total. The van der Waals surface area contributed by atoms with Crippen LogP contribution in [0.15, 0.2) is 0 Å². The Bertz CT molecular complexity index is 428. The minimum Gasteiger partial charge on any atom is -0.394 e. The van der Waals surface area contributed by atoms with Crippen molar-refractivity contribution in [3.63, 3.8) is 0 Å². The second-order valence-electron chi connectivity index (χ2n) is 5.02. The van der Waals surface area contributed by atoms with E-state index in [1.54, 1.807) is 0 Å². The van der Waals surface area contributed by atoms with Gasteiger partial charge in [-0.15, -0.1) is 0 Å². The van der Waals surface area contributed by atoms with Gasteiger partial charge in [0.25, 0.3) is 0 Å². The van der Waals surface area contributed by atoms with Gasteiger partial charge < -0.3 is 15.8 Å². The number of aryl methyl sites for hydroxylation is 2. The molecule has 0 spiro atoms. The summed E-state index contributed by atoms with van der Waals surface area (Å²) in [6.07, 6.45) is 4.29. The predicted octanol–water partition coefficient (Wildman–Crippen LogP) is 1.53. The zero-order chi connectivity index (χ0) is 12.0. The predicted molar refractivity (Wildman–Crippen MR) is 67.0 cm³/mol. The van der Waals surface area contributed by atoms with Crippen molar-refractivity contribution in [1.29, 1.82) is 0 Å². The van der Waals surface area contributed by atoms with Crippen LogP contribution in [0, 0.1) is 6.92 Å². The topological polar surface area (TPSA) is 65.1 Å². The normalized spacial score (nSPS) is 31.1. The van der Waals surface area contributed by atoms with Gasteiger partial charge in [-0.05, 0) is 33.1 Å². The van der Waals surface area contributed by atoms with Crippen LogP contribution in [0.5, 0.6) is 0 Å². The number of nitrogens with zero attached hydrogens (tertiary/aromatic N) is 2. The summed E-state index contributed by atoms with van der Waals surface area (Å²) in [6.45, 7) is 4.86. The number of ether oxygens (including phenoxy) is 1. The fraction of sp³-hybridized carbons (Fsp3) is 0.750. The molecule has 94 valence electrons. The number of nitrogens with two attached hydrogens (primary N) is 1. The smallest absolute Gasteiger partial charge is 0.148 e. The summed E-state index contributed by atoms with van der Waals surface area (Å²) in [4.78, 5) is 0. The number of rotatable bonds is 3. The first-order valence-electron chi connectivity index (χ1n) is 6.44. The highest BCUT2D eigenvalue weighted by molar-refractivity contribution is 5.65. The highest BCUT2D eigenvalue weighted by atomic mass is 16.5. The van der Waals surface area contributed by atoms with Crippen LogP contribution >= 0.6 is 0 Å². The van der Waals surface area contributed by atoms with Crippen LogP contribution in [0.25, 0.3) is 0 Å². The van der Waals surface area contributed by atoms with Gasteiger partial charge >= 0.3 is 0 Å². The van der Waals surface area contributed by atoms with E-state index < -0.39 is 0 Å². The lowest BCUT2D eigenvalue weighted by Crippen LogP contribution is -2.31. The molecule has 0 aromatic carbocycles. The Morgan fingerprint density at radius 2 is 2.35 bits per heavy atom. The van der Waals surface area contributed by atoms with Gasteiger partial charge in [-0.1, -0.05) is 0 Å². The maximum atomic E-state index is 6.07. The van der Waals surface area contributed by atoms with Crippen LogP contribution in [0.4, 0.5) is 11.5 Å². The maximum absolute atomic E-state index is 6.07. The minimum atomic E-state index is 0.361. The molecule has 17 heavy (non-hydrogen) atoms. The molecule has 3 unspecified atom stereocenters. The molecule has 2 aliphatic rings. The molecule has 1 aromatic rings. The van der Waals surface area contributed by atoms with Crippen LogP contribution in [0.2, 0.25) is 0 Å². The van der Waals surface area contributed by atoms with E-state index in [9.17, 15) is 0 Å². The third kappa shape index (κ3) is 1.69. The molecule has 2 aliphatic heterocycles. The molecule has 5 heteroatoms. The van der Waals surface area contributed by atoms with Gasteiger partial charge in [0.05, 0.1) is 29.6 Å². The number of aromatic nitrogens is 2. The molecule has 1 aromatic heterocycles. The first-order valence-corrected chi connectivity index (χ1v) is 6.44. The quantitative estimate of drug-likeness (QED) is 0.835. The Morgan fingerprint density at radius 3 is 2.94 bits per heavy atom. The van der Waals surface area contributed by atoms with E-state index in [4.69, 9.17) is 10.5 Å². The van der Waals surface area contributed by atoms with E-state index >= 15 is 0 Å². The van der Waals surface area contributed by atoms with E-state index in [-0.39, 0.29) is 0 Å². The first kappa shape index (κ1) is 10.9. The number of anilines is 2. The van der Waals surface area contributed by atoms with Gasteiger partial charge in [-0.2, -0.15) is 5.10 Å². The molecule has 3 heterocycles. The van der Waals surface area contributed by atoms with E-state index in [1.165, 1.54) is 12.8 Å². The van der Waals surface area contributed by atoms with Crippen molar-refractivity contribution in [3.8, 4) is 0 Å². The summed E-state index contributed by atoms with van der Waals surface area (Å²) in [5.74, 6) is 0.964. The zero-order valence-electron chi connectivity index (χ0n) is 10.4. The molecule has 2 bridgehead atoms. The molecule has 3 atom stereocenters. The van der Waals surface area contributed by atoms with Gasteiger partial charge in [-0.25, -0.2) is 4.68 Å². The van der Waals surface area contributed by atoms with Crippen molar-refractivity contribution in [2.45, 2.75) is 57.9 Å². The summed E-state index contributed by atoms with van der Waals surface area (Å²) in [5, 5.41) is 7.95.